The molecular weight excluding hydrogens is 218 g/mol. The van der Waals surface area contributed by atoms with E-state index in [1.165, 1.54) is 4.80 Å². The van der Waals surface area contributed by atoms with Crippen LogP contribution in [0.3, 0.4) is 0 Å². The molecule has 0 aliphatic carbocycles. The van der Waals surface area contributed by atoms with Crippen molar-refractivity contribution in [2.75, 3.05) is 0 Å². The Hall–Kier alpha value is -1.76. The molecule has 0 aromatic carbocycles. The molecule has 0 spiro atoms. The normalized spacial score (nSPS) is 12.9. The fourth-order valence-corrected chi connectivity index (χ4v) is 1.82. The lowest BCUT2D eigenvalue weighted by Gasteiger charge is -2.10. The number of aromatic nitrogens is 6. The molecule has 17 heavy (non-hydrogen) atoms. The first kappa shape index (κ1) is 11.7. The molecule has 7 heteroatoms. The Labute approximate surface area is 99.6 Å². The van der Waals surface area contributed by atoms with Crippen molar-refractivity contribution >= 4 is 0 Å². The number of aryl methyl sites for hydroxylation is 3. The molecule has 2 N–H and O–H groups in total. The molecule has 7 nitrogen and oxygen atoms in total. The van der Waals surface area contributed by atoms with Crippen molar-refractivity contribution in [3.8, 4) is 0 Å². The molecule has 2 rings (SSSR count). The zero-order valence-corrected chi connectivity index (χ0v) is 10.3. The highest BCUT2D eigenvalue weighted by atomic mass is 15.6. The van der Waals surface area contributed by atoms with Crippen LogP contribution in [-0.2, 0) is 20.0 Å². The Morgan fingerprint density at radius 2 is 2.18 bits per heavy atom. The molecule has 2 heterocycles. The molecular formula is C10H17N7. The van der Waals surface area contributed by atoms with Gasteiger partial charge >= 0.3 is 0 Å². The summed E-state index contributed by atoms with van der Waals surface area (Å²) in [4.78, 5) is 1.43. The summed E-state index contributed by atoms with van der Waals surface area (Å²) >= 11 is 0. The monoisotopic (exact) mass is 235 g/mol. The van der Waals surface area contributed by atoms with Gasteiger partial charge < -0.3 is 5.73 Å². The van der Waals surface area contributed by atoms with E-state index in [0.717, 1.165) is 17.9 Å². The zero-order chi connectivity index (χ0) is 12.4. The molecule has 0 fully saturated rings. The van der Waals surface area contributed by atoms with Crippen LogP contribution in [0.4, 0.5) is 0 Å². The molecule has 0 saturated heterocycles. The predicted octanol–water partition coefficient (Wildman–Crippen LogP) is -0.0226. The second kappa shape index (κ2) is 4.62. The minimum atomic E-state index is -0.152. The van der Waals surface area contributed by atoms with Gasteiger partial charge in [0.05, 0.1) is 24.5 Å². The summed E-state index contributed by atoms with van der Waals surface area (Å²) in [5.41, 5.74) is 8.14. The first-order valence-corrected chi connectivity index (χ1v) is 5.63. The highest BCUT2D eigenvalue weighted by Gasteiger charge is 2.15. The molecule has 1 unspecified atom stereocenters. The van der Waals surface area contributed by atoms with Crippen LogP contribution in [0.2, 0.25) is 0 Å². The molecule has 1 atom stereocenters. The summed E-state index contributed by atoms with van der Waals surface area (Å²) in [7, 11) is 1.74. The Kier molecular flexibility index (Phi) is 3.19. The third-order valence-electron chi connectivity index (χ3n) is 2.56. The van der Waals surface area contributed by atoms with E-state index in [-0.39, 0.29) is 6.04 Å². The zero-order valence-electron chi connectivity index (χ0n) is 10.3. The van der Waals surface area contributed by atoms with Crippen LogP contribution in [0.5, 0.6) is 0 Å². The minimum Gasteiger partial charge on any atom is -0.322 e. The van der Waals surface area contributed by atoms with E-state index < -0.39 is 0 Å². The van der Waals surface area contributed by atoms with Crippen molar-refractivity contribution < 1.29 is 0 Å². The van der Waals surface area contributed by atoms with Crippen molar-refractivity contribution in [1.29, 1.82) is 0 Å². The van der Waals surface area contributed by atoms with Crippen LogP contribution in [-0.4, -0.2) is 30.0 Å². The lowest BCUT2D eigenvalue weighted by molar-refractivity contribution is 0.557. The quantitative estimate of drug-likeness (QED) is 0.804. The predicted molar refractivity (Wildman–Crippen MR) is 62.1 cm³/mol. The topological polar surface area (TPSA) is 87.4 Å². The molecule has 2 aromatic heterocycles. The highest BCUT2D eigenvalue weighted by Crippen LogP contribution is 2.15. The van der Waals surface area contributed by atoms with E-state index >= 15 is 0 Å². The van der Waals surface area contributed by atoms with Crippen molar-refractivity contribution in [3.63, 3.8) is 0 Å². The third-order valence-corrected chi connectivity index (χ3v) is 2.56. The van der Waals surface area contributed by atoms with Gasteiger partial charge in [-0.2, -0.15) is 9.90 Å². The molecule has 0 aliphatic rings. The van der Waals surface area contributed by atoms with Crippen molar-refractivity contribution in [1.82, 2.24) is 30.0 Å². The SMILES string of the molecule is CCn1nc(C)cc1C(N)Cc1nnn(C)n1. The molecule has 0 radical (unpaired) electrons. The van der Waals surface area contributed by atoms with Gasteiger partial charge in [-0.15, -0.1) is 10.2 Å². The van der Waals surface area contributed by atoms with Gasteiger partial charge in [0.25, 0.3) is 0 Å². The average molecular weight is 235 g/mol. The van der Waals surface area contributed by atoms with Gasteiger partial charge in [-0.25, -0.2) is 0 Å². The smallest absolute Gasteiger partial charge is 0.176 e. The fourth-order valence-electron chi connectivity index (χ4n) is 1.82. The van der Waals surface area contributed by atoms with Crippen LogP contribution in [0, 0.1) is 6.92 Å². The summed E-state index contributed by atoms with van der Waals surface area (Å²) in [5.74, 6) is 0.654. The van der Waals surface area contributed by atoms with Gasteiger partial charge in [-0.1, -0.05) is 0 Å². The number of tetrazole rings is 1. The first-order valence-electron chi connectivity index (χ1n) is 5.63. The largest absolute Gasteiger partial charge is 0.322 e. The average Bonchev–Trinajstić information content (AvgIpc) is 2.84. The molecule has 92 valence electrons. The van der Waals surface area contributed by atoms with Gasteiger partial charge in [0.15, 0.2) is 5.82 Å². The number of rotatable bonds is 4. The Morgan fingerprint density at radius 1 is 1.41 bits per heavy atom. The van der Waals surface area contributed by atoms with E-state index in [9.17, 15) is 0 Å². The van der Waals surface area contributed by atoms with Gasteiger partial charge in [0.1, 0.15) is 0 Å². The maximum absolute atomic E-state index is 6.15. The van der Waals surface area contributed by atoms with Gasteiger partial charge in [0, 0.05) is 13.0 Å². The van der Waals surface area contributed by atoms with Crippen LogP contribution >= 0.6 is 0 Å². The van der Waals surface area contributed by atoms with E-state index in [4.69, 9.17) is 5.73 Å². The van der Waals surface area contributed by atoms with Gasteiger partial charge in [0.2, 0.25) is 0 Å². The Balaban J connectivity index is 2.16. The highest BCUT2D eigenvalue weighted by molar-refractivity contribution is 5.14. The summed E-state index contributed by atoms with van der Waals surface area (Å²) in [6.07, 6.45) is 0.568. The van der Waals surface area contributed by atoms with Crippen LogP contribution in [0.15, 0.2) is 6.07 Å². The number of nitrogens with zero attached hydrogens (tertiary/aromatic N) is 6. The second-order valence-electron chi connectivity index (χ2n) is 4.03. The van der Waals surface area contributed by atoms with Gasteiger partial charge in [-0.05, 0) is 25.1 Å². The van der Waals surface area contributed by atoms with Crippen LogP contribution in [0.25, 0.3) is 0 Å². The summed E-state index contributed by atoms with van der Waals surface area (Å²) in [6, 6.07) is 1.85. The Morgan fingerprint density at radius 3 is 2.76 bits per heavy atom. The van der Waals surface area contributed by atoms with E-state index in [2.05, 4.69) is 20.5 Å². The first-order chi connectivity index (χ1) is 8.10. The maximum atomic E-state index is 6.15. The lowest BCUT2D eigenvalue weighted by Crippen LogP contribution is -2.19. The van der Waals surface area contributed by atoms with Crippen molar-refractivity contribution in [3.05, 3.63) is 23.3 Å². The number of hydrogen-bond acceptors (Lipinski definition) is 5. The van der Waals surface area contributed by atoms with E-state index in [1.54, 1.807) is 7.05 Å². The lowest BCUT2D eigenvalue weighted by atomic mass is 10.1. The van der Waals surface area contributed by atoms with Crippen molar-refractivity contribution in [2.45, 2.75) is 32.9 Å². The number of nitrogens with two attached hydrogens (primary N) is 1. The van der Waals surface area contributed by atoms with E-state index in [0.29, 0.717) is 12.2 Å². The molecule has 0 aliphatic heterocycles. The number of hydrogen-bond donors (Lipinski definition) is 1. The standard InChI is InChI=1S/C10H17N7/c1-4-17-9(5-7(2)13-17)8(11)6-10-12-15-16(3)14-10/h5,8H,4,6,11H2,1-3H3. The van der Waals surface area contributed by atoms with Gasteiger partial charge in [-0.3, -0.25) is 4.68 Å². The Bertz CT molecular complexity index is 498. The minimum absolute atomic E-state index is 0.152. The fraction of sp³-hybridized carbons (Fsp3) is 0.600. The third kappa shape index (κ3) is 2.50. The molecule has 0 saturated carbocycles. The molecule has 2 aromatic rings. The summed E-state index contributed by atoms with van der Waals surface area (Å²) < 4.78 is 1.91. The summed E-state index contributed by atoms with van der Waals surface area (Å²) in [5, 5.41) is 16.2. The van der Waals surface area contributed by atoms with E-state index in [1.807, 2.05) is 24.6 Å². The summed E-state index contributed by atoms with van der Waals surface area (Å²) in [6.45, 7) is 4.82. The van der Waals surface area contributed by atoms with Crippen LogP contribution in [0.1, 0.15) is 30.2 Å². The molecule has 0 amide bonds. The second-order valence-corrected chi connectivity index (χ2v) is 4.03. The van der Waals surface area contributed by atoms with Crippen molar-refractivity contribution in [2.24, 2.45) is 12.8 Å². The maximum Gasteiger partial charge on any atom is 0.176 e. The molecule has 0 bridgehead atoms. The van der Waals surface area contributed by atoms with Crippen LogP contribution < -0.4 is 5.73 Å².